The molecule has 0 aromatic heterocycles. The van der Waals surface area contributed by atoms with Crippen LogP contribution in [0.25, 0.3) is 0 Å². The second kappa shape index (κ2) is 4.50. The van der Waals surface area contributed by atoms with Crippen LogP contribution in [0.2, 0.25) is 12.1 Å². The van der Waals surface area contributed by atoms with Gasteiger partial charge in [0.1, 0.15) is 8.96 Å². The highest BCUT2D eigenvalue weighted by Crippen LogP contribution is 2.42. The van der Waals surface area contributed by atoms with Crippen LogP contribution in [0.1, 0.15) is 48.5 Å². The van der Waals surface area contributed by atoms with Gasteiger partial charge in [-0.2, -0.15) is 0 Å². The minimum Gasteiger partial charge on any atom is -0.334 e. The van der Waals surface area contributed by atoms with Gasteiger partial charge in [-0.25, -0.2) is 0 Å². The van der Waals surface area contributed by atoms with Gasteiger partial charge in [0.05, 0.1) is 0 Å². The Hall–Kier alpha value is -0.343. The van der Waals surface area contributed by atoms with Gasteiger partial charge in [-0.05, 0) is 59.6 Å². The molecule has 0 amide bonds. The van der Waals surface area contributed by atoms with Crippen LogP contribution in [-0.4, -0.2) is 14.5 Å². The Balaban J connectivity index is 2.91. The van der Waals surface area contributed by atoms with Crippen LogP contribution in [0.15, 0.2) is 22.3 Å². The second-order valence-corrected chi connectivity index (χ2v) is 8.81. The van der Waals surface area contributed by atoms with Crippen molar-refractivity contribution in [1.29, 1.82) is 0 Å². The van der Waals surface area contributed by atoms with Crippen molar-refractivity contribution in [3.05, 3.63) is 22.3 Å². The van der Waals surface area contributed by atoms with E-state index in [1.807, 2.05) is 0 Å². The molecule has 1 unspecified atom stereocenters. The molecule has 0 aromatic rings. The minimum atomic E-state index is -0.938. The molecule has 0 spiro atoms. The van der Waals surface area contributed by atoms with Gasteiger partial charge in [0, 0.05) is 11.1 Å². The normalized spacial score (nSPS) is 21.0. The summed E-state index contributed by atoms with van der Waals surface area (Å²) in [6.07, 6.45) is 0. The van der Waals surface area contributed by atoms with Crippen molar-refractivity contribution in [3.8, 4) is 0 Å². The van der Waals surface area contributed by atoms with Crippen LogP contribution in [0, 0.1) is 0 Å². The zero-order chi connectivity index (χ0) is 12.7. The SMILES string of the molecule is CC1=C(C)C([SiH](C)NC(C)(C)C)C(C)=C1C. The van der Waals surface area contributed by atoms with Gasteiger partial charge in [-0.15, -0.1) is 0 Å². The summed E-state index contributed by atoms with van der Waals surface area (Å²) in [5.74, 6) is 0. The van der Waals surface area contributed by atoms with E-state index < -0.39 is 8.96 Å². The summed E-state index contributed by atoms with van der Waals surface area (Å²) in [5, 5.41) is 0. The van der Waals surface area contributed by atoms with Crippen molar-refractivity contribution in [2.45, 2.75) is 66.1 Å². The Morgan fingerprint density at radius 2 is 1.31 bits per heavy atom. The highest BCUT2D eigenvalue weighted by atomic mass is 28.3. The fraction of sp³-hybridized carbons (Fsp3) is 0.714. The maximum atomic E-state index is 3.83. The lowest BCUT2D eigenvalue weighted by molar-refractivity contribution is 0.516. The first-order valence-corrected chi connectivity index (χ1v) is 8.68. The molecule has 0 radical (unpaired) electrons. The van der Waals surface area contributed by atoms with Crippen molar-refractivity contribution in [3.63, 3.8) is 0 Å². The molecular formula is C14H27NSi. The predicted octanol–water partition coefficient (Wildman–Crippen LogP) is 3.78. The first-order valence-electron chi connectivity index (χ1n) is 6.28. The van der Waals surface area contributed by atoms with Crippen molar-refractivity contribution in [2.24, 2.45) is 0 Å². The Labute approximate surface area is 103 Å². The van der Waals surface area contributed by atoms with Crippen LogP contribution in [-0.2, 0) is 0 Å². The quantitative estimate of drug-likeness (QED) is 0.721. The summed E-state index contributed by atoms with van der Waals surface area (Å²) in [4.78, 5) is 3.83. The molecule has 1 aliphatic carbocycles. The standard InChI is InChI=1S/C14H27NSi/c1-9-10(2)12(4)13(11(9)3)16(8)15-14(5,6)7/h13,15-16H,1-8H3. The Kier molecular flexibility index (Phi) is 3.86. The molecule has 0 fully saturated rings. The van der Waals surface area contributed by atoms with Gasteiger partial charge in [-0.3, -0.25) is 0 Å². The molecule has 2 heteroatoms. The van der Waals surface area contributed by atoms with Crippen molar-refractivity contribution in [2.75, 3.05) is 0 Å². The molecule has 1 atom stereocenters. The molecule has 1 N–H and O–H groups in total. The summed E-state index contributed by atoms with van der Waals surface area (Å²) >= 11 is 0. The first-order chi connectivity index (χ1) is 7.15. The lowest BCUT2D eigenvalue weighted by Crippen LogP contribution is -2.47. The smallest absolute Gasteiger partial charge is 0.117 e. The molecule has 0 aliphatic heterocycles. The van der Waals surface area contributed by atoms with Crippen molar-refractivity contribution in [1.82, 2.24) is 4.98 Å². The van der Waals surface area contributed by atoms with E-state index >= 15 is 0 Å². The Morgan fingerprint density at radius 1 is 0.938 bits per heavy atom. The van der Waals surface area contributed by atoms with Crippen molar-refractivity contribution >= 4 is 8.96 Å². The van der Waals surface area contributed by atoms with Crippen LogP contribution in [0.4, 0.5) is 0 Å². The minimum absolute atomic E-state index is 0.247. The number of allylic oxidation sites excluding steroid dienone is 4. The van der Waals surface area contributed by atoms with E-state index in [0.717, 1.165) is 5.54 Å². The van der Waals surface area contributed by atoms with E-state index in [4.69, 9.17) is 0 Å². The van der Waals surface area contributed by atoms with E-state index in [2.05, 4.69) is 60.0 Å². The summed E-state index contributed by atoms with van der Waals surface area (Å²) in [6.45, 7) is 18.4. The number of hydrogen-bond acceptors (Lipinski definition) is 1. The molecule has 0 aromatic carbocycles. The van der Waals surface area contributed by atoms with Gasteiger partial charge in [0.2, 0.25) is 0 Å². The van der Waals surface area contributed by atoms with E-state index in [1.165, 1.54) is 11.1 Å². The van der Waals surface area contributed by atoms with Gasteiger partial charge < -0.3 is 4.98 Å². The van der Waals surface area contributed by atoms with Gasteiger partial charge >= 0.3 is 0 Å². The summed E-state index contributed by atoms with van der Waals surface area (Å²) < 4.78 is 0. The van der Waals surface area contributed by atoms with Gasteiger partial charge in [0.15, 0.2) is 0 Å². The molecule has 1 aliphatic rings. The molecule has 1 nitrogen and oxygen atoms in total. The topological polar surface area (TPSA) is 12.0 Å². The average molecular weight is 237 g/mol. The van der Waals surface area contributed by atoms with Crippen LogP contribution in [0.5, 0.6) is 0 Å². The van der Waals surface area contributed by atoms with Crippen LogP contribution < -0.4 is 4.98 Å². The highest BCUT2D eigenvalue weighted by Gasteiger charge is 2.31. The summed E-state index contributed by atoms with van der Waals surface area (Å²) in [7, 11) is -0.938. The third-order valence-electron chi connectivity index (χ3n) is 3.84. The van der Waals surface area contributed by atoms with E-state index in [-0.39, 0.29) is 5.54 Å². The molecule has 92 valence electrons. The molecule has 1 rings (SSSR count). The zero-order valence-corrected chi connectivity index (χ0v) is 13.3. The maximum absolute atomic E-state index is 3.83. The zero-order valence-electron chi connectivity index (χ0n) is 12.2. The average Bonchev–Trinajstić information content (AvgIpc) is 2.28. The summed E-state index contributed by atoms with van der Waals surface area (Å²) in [5.41, 5.74) is 7.22. The molecule has 0 bridgehead atoms. The Bertz CT molecular complexity index is 320. The fourth-order valence-electron chi connectivity index (χ4n) is 2.90. The number of hydrogen-bond donors (Lipinski definition) is 1. The molecule has 0 heterocycles. The number of nitrogens with one attached hydrogen (secondary N) is 1. The van der Waals surface area contributed by atoms with Gasteiger partial charge in [0.25, 0.3) is 0 Å². The summed E-state index contributed by atoms with van der Waals surface area (Å²) in [6, 6.07) is 0. The van der Waals surface area contributed by atoms with Crippen molar-refractivity contribution < 1.29 is 0 Å². The van der Waals surface area contributed by atoms with Gasteiger partial charge in [-0.1, -0.05) is 17.7 Å². The Morgan fingerprint density at radius 3 is 1.62 bits per heavy atom. The lowest BCUT2D eigenvalue weighted by Gasteiger charge is -2.30. The second-order valence-electron chi connectivity index (χ2n) is 6.28. The van der Waals surface area contributed by atoms with E-state index in [0.29, 0.717) is 0 Å². The first kappa shape index (κ1) is 13.7. The van der Waals surface area contributed by atoms with Crippen LogP contribution in [0.3, 0.4) is 0 Å². The molecule has 0 saturated heterocycles. The van der Waals surface area contributed by atoms with Crippen LogP contribution >= 0.6 is 0 Å². The largest absolute Gasteiger partial charge is 0.334 e. The number of rotatable bonds is 2. The third-order valence-corrected chi connectivity index (χ3v) is 7.16. The highest BCUT2D eigenvalue weighted by molar-refractivity contribution is 6.58. The molecule has 0 saturated carbocycles. The fourth-order valence-corrected chi connectivity index (χ4v) is 6.43. The lowest BCUT2D eigenvalue weighted by atomic mass is 10.1. The third kappa shape index (κ3) is 2.66. The monoisotopic (exact) mass is 237 g/mol. The predicted molar refractivity (Wildman–Crippen MR) is 76.4 cm³/mol. The maximum Gasteiger partial charge on any atom is 0.117 e. The van der Waals surface area contributed by atoms with E-state index in [1.54, 1.807) is 11.1 Å². The molecular weight excluding hydrogens is 210 g/mol. The van der Waals surface area contributed by atoms with E-state index in [9.17, 15) is 0 Å². The molecule has 16 heavy (non-hydrogen) atoms.